The van der Waals surface area contributed by atoms with Crippen LogP contribution in [-0.4, -0.2) is 60.3 Å². The number of tetrazole rings is 1. The number of hydrogen-bond acceptors (Lipinski definition) is 9. The van der Waals surface area contributed by atoms with E-state index in [2.05, 4.69) is 20.8 Å². The minimum atomic E-state index is -0.234. The second-order valence-electron chi connectivity index (χ2n) is 5.85. The minimum Gasteiger partial charge on any atom is -0.497 e. The highest BCUT2D eigenvalue weighted by Crippen LogP contribution is 2.30. The molecule has 158 valence electrons. The van der Waals surface area contributed by atoms with Gasteiger partial charge in [0, 0.05) is 30.0 Å². The number of nitrogens with one attached hydrogen (secondary N) is 1. The van der Waals surface area contributed by atoms with Crippen LogP contribution in [0.15, 0.2) is 41.6 Å². The second-order valence-corrected chi connectivity index (χ2v) is 6.79. The first-order valence-corrected chi connectivity index (χ1v) is 9.73. The number of benzene rings is 2. The number of aromatic nitrogens is 4. The second kappa shape index (κ2) is 9.83. The molecule has 0 atom stereocenters. The Hall–Kier alpha value is -3.47. The molecular formula is C19H21N5O5S. The van der Waals surface area contributed by atoms with Crippen LogP contribution in [0.25, 0.3) is 5.69 Å². The summed E-state index contributed by atoms with van der Waals surface area (Å²) in [7, 11) is 6.21. The van der Waals surface area contributed by atoms with Gasteiger partial charge in [-0.15, -0.1) is 5.10 Å². The molecule has 30 heavy (non-hydrogen) atoms. The lowest BCUT2D eigenvalue weighted by Crippen LogP contribution is -2.15. The maximum absolute atomic E-state index is 12.4. The van der Waals surface area contributed by atoms with Gasteiger partial charge in [-0.25, -0.2) is 0 Å². The SMILES string of the molecule is COc1cc(NC(=O)CSc2nnnn2-c2cc(OC)ccc2OC)cc(OC)c1. The van der Waals surface area contributed by atoms with Gasteiger partial charge in [0.25, 0.3) is 0 Å². The summed E-state index contributed by atoms with van der Waals surface area (Å²) in [6, 6.07) is 10.4. The monoisotopic (exact) mass is 431 g/mol. The van der Waals surface area contributed by atoms with E-state index in [1.54, 1.807) is 64.8 Å². The van der Waals surface area contributed by atoms with Crippen molar-refractivity contribution in [2.75, 3.05) is 39.5 Å². The summed E-state index contributed by atoms with van der Waals surface area (Å²) < 4.78 is 22.6. The highest BCUT2D eigenvalue weighted by atomic mass is 32.2. The quantitative estimate of drug-likeness (QED) is 0.511. The molecule has 11 heteroatoms. The molecule has 3 aromatic rings. The summed E-state index contributed by atoms with van der Waals surface area (Å²) in [6.45, 7) is 0. The predicted octanol–water partition coefficient (Wildman–Crippen LogP) is 2.43. The fourth-order valence-corrected chi connectivity index (χ4v) is 3.27. The molecule has 0 saturated heterocycles. The van der Waals surface area contributed by atoms with Crippen molar-refractivity contribution in [2.45, 2.75) is 5.16 Å². The van der Waals surface area contributed by atoms with Crippen LogP contribution in [0, 0.1) is 0 Å². The molecule has 0 aliphatic rings. The van der Waals surface area contributed by atoms with Gasteiger partial charge in [0.1, 0.15) is 28.7 Å². The van der Waals surface area contributed by atoms with E-state index in [0.717, 1.165) is 0 Å². The van der Waals surface area contributed by atoms with Gasteiger partial charge in [-0.3, -0.25) is 4.79 Å². The molecule has 0 unspecified atom stereocenters. The van der Waals surface area contributed by atoms with Crippen molar-refractivity contribution < 1.29 is 23.7 Å². The van der Waals surface area contributed by atoms with Gasteiger partial charge in [-0.2, -0.15) is 4.68 Å². The normalized spacial score (nSPS) is 10.4. The van der Waals surface area contributed by atoms with Gasteiger partial charge >= 0.3 is 0 Å². The lowest BCUT2D eigenvalue weighted by Gasteiger charge is -2.11. The number of ether oxygens (including phenoxy) is 4. The number of carbonyl (C=O) groups excluding carboxylic acids is 1. The standard InChI is InChI=1S/C19H21N5O5S/c1-26-13-5-6-17(29-4)16(10-13)24-19(21-22-23-24)30-11-18(25)20-12-7-14(27-2)9-15(8-12)28-3/h5-10H,11H2,1-4H3,(H,20,25). The number of carbonyl (C=O) groups is 1. The average Bonchev–Trinajstić information content (AvgIpc) is 3.25. The van der Waals surface area contributed by atoms with Crippen molar-refractivity contribution in [1.29, 1.82) is 0 Å². The molecule has 0 aliphatic carbocycles. The summed E-state index contributed by atoms with van der Waals surface area (Å²) in [4.78, 5) is 12.4. The van der Waals surface area contributed by atoms with E-state index < -0.39 is 0 Å². The number of methoxy groups -OCH3 is 4. The highest BCUT2D eigenvalue weighted by Gasteiger charge is 2.16. The van der Waals surface area contributed by atoms with Crippen LogP contribution < -0.4 is 24.3 Å². The van der Waals surface area contributed by atoms with E-state index in [4.69, 9.17) is 18.9 Å². The fraction of sp³-hybridized carbons (Fsp3) is 0.263. The lowest BCUT2D eigenvalue weighted by molar-refractivity contribution is -0.113. The van der Waals surface area contributed by atoms with Gasteiger partial charge in [0.15, 0.2) is 0 Å². The third-order valence-corrected chi connectivity index (χ3v) is 4.94. The average molecular weight is 431 g/mol. The molecule has 3 rings (SSSR count). The molecule has 1 N–H and O–H groups in total. The first-order chi connectivity index (χ1) is 14.6. The summed E-state index contributed by atoms with van der Waals surface area (Å²) in [5.41, 5.74) is 1.16. The molecule has 1 aromatic heterocycles. The Morgan fingerprint density at radius 2 is 1.67 bits per heavy atom. The predicted molar refractivity (Wildman–Crippen MR) is 111 cm³/mol. The molecule has 0 fully saturated rings. The van der Waals surface area contributed by atoms with Crippen LogP contribution in [0.2, 0.25) is 0 Å². The Morgan fingerprint density at radius 1 is 0.967 bits per heavy atom. The Balaban J connectivity index is 1.73. The molecule has 1 heterocycles. The summed E-state index contributed by atoms with van der Waals surface area (Å²) >= 11 is 1.18. The van der Waals surface area contributed by atoms with E-state index in [0.29, 0.717) is 39.5 Å². The maximum atomic E-state index is 12.4. The summed E-state index contributed by atoms with van der Waals surface area (Å²) in [5, 5.41) is 15.0. The van der Waals surface area contributed by atoms with Crippen LogP contribution in [0.4, 0.5) is 5.69 Å². The molecule has 0 radical (unpaired) electrons. The van der Waals surface area contributed by atoms with Crippen LogP contribution >= 0.6 is 11.8 Å². The molecule has 0 bridgehead atoms. The lowest BCUT2D eigenvalue weighted by atomic mass is 10.2. The summed E-state index contributed by atoms with van der Waals surface area (Å²) in [5.74, 6) is 2.20. The number of amides is 1. The van der Waals surface area contributed by atoms with E-state index in [1.807, 2.05) is 0 Å². The van der Waals surface area contributed by atoms with Gasteiger partial charge in [-0.1, -0.05) is 11.8 Å². The Bertz CT molecular complexity index is 1000. The molecule has 1 amide bonds. The van der Waals surface area contributed by atoms with Crippen molar-refractivity contribution in [3.05, 3.63) is 36.4 Å². The van der Waals surface area contributed by atoms with Crippen molar-refractivity contribution >= 4 is 23.4 Å². The van der Waals surface area contributed by atoms with Crippen molar-refractivity contribution in [2.24, 2.45) is 0 Å². The Kier molecular flexibility index (Phi) is 6.96. The number of thioether (sulfide) groups is 1. The number of hydrogen-bond donors (Lipinski definition) is 1. The first-order valence-electron chi connectivity index (χ1n) is 8.74. The number of rotatable bonds is 9. The zero-order valence-electron chi connectivity index (χ0n) is 16.9. The van der Waals surface area contributed by atoms with Crippen LogP contribution in [0.5, 0.6) is 23.0 Å². The van der Waals surface area contributed by atoms with E-state index in [9.17, 15) is 4.79 Å². The fourth-order valence-electron chi connectivity index (χ4n) is 2.59. The molecule has 0 spiro atoms. The van der Waals surface area contributed by atoms with E-state index in [1.165, 1.54) is 16.4 Å². The van der Waals surface area contributed by atoms with Crippen molar-refractivity contribution in [3.63, 3.8) is 0 Å². The topological polar surface area (TPSA) is 110 Å². The first kappa shape index (κ1) is 21.2. The Morgan fingerprint density at radius 3 is 2.30 bits per heavy atom. The third-order valence-electron chi connectivity index (χ3n) is 4.02. The molecule has 10 nitrogen and oxygen atoms in total. The number of nitrogens with zero attached hydrogens (tertiary/aromatic N) is 4. The van der Waals surface area contributed by atoms with Crippen molar-refractivity contribution in [3.8, 4) is 28.7 Å². The van der Waals surface area contributed by atoms with Gasteiger partial charge in [-0.05, 0) is 22.6 Å². The van der Waals surface area contributed by atoms with E-state index >= 15 is 0 Å². The van der Waals surface area contributed by atoms with Gasteiger partial charge < -0.3 is 24.3 Å². The van der Waals surface area contributed by atoms with Crippen LogP contribution in [0.1, 0.15) is 0 Å². The van der Waals surface area contributed by atoms with E-state index in [-0.39, 0.29) is 11.7 Å². The number of anilines is 1. The summed E-state index contributed by atoms with van der Waals surface area (Å²) in [6.07, 6.45) is 0. The minimum absolute atomic E-state index is 0.0895. The molecular weight excluding hydrogens is 410 g/mol. The van der Waals surface area contributed by atoms with Gasteiger partial charge in [0.05, 0.1) is 34.2 Å². The Labute approximate surface area is 177 Å². The van der Waals surface area contributed by atoms with Gasteiger partial charge in [0.2, 0.25) is 11.1 Å². The highest BCUT2D eigenvalue weighted by molar-refractivity contribution is 7.99. The zero-order chi connectivity index (χ0) is 21.5. The van der Waals surface area contributed by atoms with Crippen LogP contribution in [-0.2, 0) is 4.79 Å². The maximum Gasteiger partial charge on any atom is 0.234 e. The molecule has 0 aliphatic heterocycles. The molecule has 0 saturated carbocycles. The largest absolute Gasteiger partial charge is 0.497 e. The zero-order valence-corrected chi connectivity index (χ0v) is 17.7. The third kappa shape index (κ3) is 4.92. The smallest absolute Gasteiger partial charge is 0.234 e. The molecule has 2 aromatic carbocycles. The van der Waals surface area contributed by atoms with Crippen LogP contribution in [0.3, 0.4) is 0 Å². The van der Waals surface area contributed by atoms with Crippen molar-refractivity contribution in [1.82, 2.24) is 20.2 Å².